The molecule has 0 unspecified atom stereocenters. The molecular weight excluding hydrogens is 440 g/mol. The van der Waals surface area contributed by atoms with E-state index in [4.69, 9.17) is 4.74 Å². The van der Waals surface area contributed by atoms with Crippen molar-refractivity contribution in [1.82, 2.24) is 9.97 Å². The van der Waals surface area contributed by atoms with E-state index in [9.17, 15) is 4.79 Å². The van der Waals surface area contributed by atoms with Gasteiger partial charge in [-0.25, -0.2) is 4.98 Å². The van der Waals surface area contributed by atoms with Crippen LogP contribution in [-0.4, -0.2) is 9.97 Å². The van der Waals surface area contributed by atoms with Gasteiger partial charge >= 0.3 is 0 Å². The van der Waals surface area contributed by atoms with Crippen LogP contribution in [0.15, 0.2) is 76.0 Å². The largest absolute Gasteiger partial charge is 0.488 e. The van der Waals surface area contributed by atoms with Crippen LogP contribution >= 0.6 is 15.9 Å². The molecule has 0 aliphatic rings. The molecule has 3 aromatic carbocycles. The second kappa shape index (κ2) is 8.07. The number of benzene rings is 3. The van der Waals surface area contributed by atoms with Crippen LogP contribution in [0.25, 0.3) is 22.3 Å². The van der Waals surface area contributed by atoms with Gasteiger partial charge in [-0.15, -0.1) is 0 Å². The Morgan fingerprint density at radius 1 is 1.00 bits per heavy atom. The van der Waals surface area contributed by atoms with Crippen molar-refractivity contribution < 1.29 is 4.74 Å². The normalized spacial score (nSPS) is 11.6. The average molecular weight is 463 g/mol. The van der Waals surface area contributed by atoms with E-state index in [0.717, 1.165) is 15.6 Å². The van der Waals surface area contributed by atoms with Crippen molar-refractivity contribution in [3.8, 4) is 17.1 Å². The van der Waals surface area contributed by atoms with E-state index in [-0.39, 0.29) is 11.0 Å². The molecule has 1 aromatic heterocycles. The van der Waals surface area contributed by atoms with Crippen molar-refractivity contribution in [2.45, 2.75) is 32.8 Å². The zero-order valence-electron chi connectivity index (χ0n) is 17.2. The number of hydrogen-bond acceptors (Lipinski definition) is 3. The lowest BCUT2D eigenvalue weighted by Gasteiger charge is -2.19. The molecule has 0 spiro atoms. The minimum Gasteiger partial charge on any atom is -0.488 e. The maximum atomic E-state index is 12.5. The Kier molecular flexibility index (Phi) is 5.48. The predicted molar refractivity (Wildman–Crippen MR) is 125 cm³/mol. The lowest BCUT2D eigenvalue weighted by Crippen LogP contribution is -2.11. The molecule has 4 rings (SSSR count). The first-order valence-corrected chi connectivity index (χ1v) is 10.6. The number of para-hydroxylation sites is 1. The summed E-state index contributed by atoms with van der Waals surface area (Å²) in [5.41, 5.74) is 3.70. The Morgan fingerprint density at radius 3 is 2.47 bits per heavy atom. The molecule has 5 heteroatoms. The Balaban J connectivity index is 1.65. The summed E-state index contributed by atoms with van der Waals surface area (Å²) in [6.07, 6.45) is 0. The highest BCUT2D eigenvalue weighted by atomic mass is 79.9. The minimum absolute atomic E-state index is 0.117. The second-order valence-electron chi connectivity index (χ2n) is 8.31. The fourth-order valence-electron chi connectivity index (χ4n) is 3.29. The molecule has 0 amide bonds. The van der Waals surface area contributed by atoms with Gasteiger partial charge in [0, 0.05) is 4.47 Å². The van der Waals surface area contributed by atoms with E-state index in [0.29, 0.717) is 29.1 Å². The van der Waals surface area contributed by atoms with E-state index in [1.807, 2.05) is 36.4 Å². The standard InChI is InChI=1S/C25H23BrN2O2/c1-25(2,3)17-10-8-16(9-11-17)15-30-22-13-12-18(26)14-20(22)23-27-21-7-5-4-6-19(21)24(29)28-23/h4-14H,15H2,1-3H3,(H,27,28,29). The highest BCUT2D eigenvalue weighted by Crippen LogP contribution is 2.31. The summed E-state index contributed by atoms with van der Waals surface area (Å²) in [7, 11) is 0. The fourth-order valence-corrected chi connectivity index (χ4v) is 3.65. The van der Waals surface area contributed by atoms with Gasteiger partial charge in [0.2, 0.25) is 0 Å². The molecule has 4 nitrogen and oxygen atoms in total. The maximum Gasteiger partial charge on any atom is 0.259 e. The summed E-state index contributed by atoms with van der Waals surface area (Å²) >= 11 is 3.51. The van der Waals surface area contributed by atoms with Gasteiger partial charge in [-0.05, 0) is 46.9 Å². The third-order valence-electron chi connectivity index (χ3n) is 5.02. The Bertz CT molecular complexity index is 1250. The van der Waals surface area contributed by atoms with Gasteiger partial charge in [0.05, 0.1) is 16.5 Å². The number of rotatable bonds is 4. The van der Waals surface area contributed by atoms with Crippen LogP contribution in [0.1, 0.15) is 31.9 Å². The number of aromatic amines is 1. The van der Waals surface area contributed by atoms with E-state index < -0.39 is 0 Å². The Morgan fingerprint density at radius 2 is 1.73 bits per heavy atom. The van der Waals surface area contributed by atoms with Gasteiger partial charge in [0.1, 0.15) is 18.2 Å². The molecule has 0 aliphatic heterocycles. The molecule has 30 heavy (non-hydrogen) atoms. The topological polar surface area (TPSA) is 55.0 Å². The van der Waals surface area contributed by atoms with Crippen LogP contribution < -0.4 is 10.3 Å². The van der Waals surface area contributed by atoms with Gasteiger partial charge in [0.25, 0.3) is 5.56 Å². The van der Waals surface area contributed by atoms with E-state index in [1.54, 1.807) is 6.07 Å². The van der Waals surface area contributed by atoms with E-state index in [2.05, 4.69) is 70.9 Å². The lowest BCUT2D eigenvalue weighted by atomic mass is 9.87. The zero-order valence-corrected chi connectivity index (χ0v) is 18.8. The Labute approximate surface area is 184 Å². The summed E-state index contributed by atoms with van der Waals surface area (Å²) in [4.78, 5) is 20.0. The molecule has 4 aromatic rings. The molecular formula is C25H23BrN2O2. The summed E-state index contributed by atoms with van der Waals surface area (Å²) in [6.45, 7) is 7.02. The molecule has 152 valence electrons. The molecule has 0 atom stereocenters. The highest BCUT2D eigenvalue weighted by Gasteiger charge is 2.14. The number of aromatic nitrogens is 2. The van der Waals surface area contributed by atoms with Crippen LogP contribution in [0.4, 0.5) is 0 Å². The van der Waals surface area contributed by atoms with Crippen LogP contribution in [0, 0.1) is 0 Å². The number of hydrogen-bond donors (Lipinski definition) is 1. The Hall–Kier alpha value is -2.92. The molecule has 0 saturated carbocycles. The third kappa shape index (κ3) is 4.31. The van der Waals surface area contributed by atoms with Gasteiger partial charge in [-0.2, -0.15) is 0 Å². The first-order valence-electron chi connectivity index (χ1n) is 9.82. The number of ether oxygens (including phenoxy) is 1. The predicted octanol–water partition coefficient (Wildman–Crippen LogP) is 6.23. The summed E-state index contributed by atoms with van der Waals surface area (Å²) < 4.78 is 7.01. The summed E-state index contributed by atoms with van der Waals surface area (Å²) in [5, 5.41) is 0.567. The van der Waals surface area contributed by atoms with Crippen molar-refractivity contribution >= 4 is 26.8 Å². The van der Waals surface area contributed by atoms with Gasteiger partial charge < -0.3 is 9.72 Å². The third-order valence-corrected chi connectivity index (χ3v) is 5.52. The zero-order chi connectivity index (χ0) is 21.3. The SMILES string of the molecule is CC(C)(C)c1ccc(COc2ccc(Br)cc2-c2nc3ccccc3c(=O)[nH]2)cc1. The van der Waals surface area contributed by atoms with Crippen LogP contribution in [0.5, 0.6) is 5.75 Å². The lowest BCUT2D eigenvalue weighted by molar-refractivity contribution is 0.307. The molecule has 1 N–H and O–H groups in total. The van der Waals surface area contributed by atoms with Crippen molar-refractivity contribution in [3.63, 3.8) is 0 Å². The first kappa shape index (κ1) is 20.4. The van der Waals surface area contributed by atoms with E-state index >= 15 is 0 Å². The number of nitrogens with zero attached hydrogens (tertiary/aromatic N) is 1. The average Bonchev–Trinajstić information content (AvgIpc) is 2.72. The smallest absolute Gasteiger partial charge is 0.259 e. The molecule has 0 bridgehead atoms. The van der Waals surface area contributed by atoms with Crippen LogP contribution in [0.2, 0.25) is 0 Å². The van der Waals surface area contributed by atoms with Crippen LogP contribution in [-0.2, 0) is 12.0 Å². The van der Waals surface area contributed by atoms with Gasteiger partial charge in [0.15, 0.2) is 0 Å². The summed E-state index contributed by atoms with van der Waals surface area (Å²) in [5.74, 6) is 1.15. The maximum absolute atomic E-state index is 12.5. The molecule has 0 fully saturated rings. The fraction of sp³-hybridized carbons (Fsp3) is 0.200. The first-order chi connectivity index (χ1) is 14.3. The van der Waals surface area contributed by atoms with Crippen molar-refractivity contribution in [1.29, 1.82) is 0 Å². The number of H-pyrrole nitrogens is 1. The van der Waals surface area contributed by atoms with Crippen molar-refractivity contribution in [2.75, 3.05) is 0 Å². The van der Waals surface area contributed by atoms with E-state index in [1.165, 1.54) is 5.56 Å². The number of nitrogens with one attached hydrogen (secondary N) is 1. The van der Waals surface area contributed by atoms with Gasteiger partial charge in [-0.3, -0.25) is 4.79 Å². The quantitative estimate of drug-likeness (QED) is 0.391. The van der Waals surface area contributed by atoms with Gasteiger partial charge in [-0.1, -0.05) is 73.1 Å². The number of halogens is 1. The van der Waals surface area contributed by atoms with Crippen molar-refractivity contribution in [2.24, 2.45) is 0 Å². The van der Waals surface area contributed by atoms with Crippen LogP contribution in [0.3, 0.4) is 0 Å². The summed E-state index contributed by atoms with van der Waals surface area (Å²) in [6, 6.07) is 21.5. The minimum atomic E-state index is -0.167. The molecule has 0 radical (unpaired) electrons. The second-order valence-corrected chi connectivity index (χ2v) is 9.22. The highest BCUT2D eigenvalue weighted by molar-refractivity contribution is 9.10. The monoisotopic (exact) mass is 462 g/mol. The molecule has 0 aliphatic carbocycles. The van der Waals surface area contributed by atoms with Crippen molar-refractivity contribution in [3.05, 3.63) is 92.7 Å². The molecule has 1 heterocycles. The molecule has 0 saturated heterocycles. The number of fused-ring (bicyclic) bond motifs is 1.